The van der Waals surface area contributed by atoms with Gasteiger partial charge in [0.05, 0.1) is 31.4 Å². The molecule has 0 saturated carbocycles. The molecule has 1 aromatic heterocycles. The standard InChI is InChI=1S/C14H15N5O/c15-7-6-13-16-17-14(18-8-10-20-11-9-18)19(13)12-4-2-1-3-5-12/h1-5H,6,8-11H2. The topological polar surface area (TPSA) is 67.0 Å². The number of nitrogens with zero attached hydrogens (tertiary/aromatic N) is 5. The molecule has 1 saturated heterocycles. The summed E-state index contributed by atoms with van der Waals surface area (Å²) in [5.41, 5.74) is 0.976. The van der Waals surface area contributed by atoms with E-state index in [9.17, 15) is 0 Å². The number of rotatable bonds is 3. The van der Waals surface area contributed by atoms with E-state index < -0.39 is 0 Å². The Morgan fingerprint density at radius 2 is 1.90 bits per heavy atom. The zero-order valence-corrected chi connectivity index (χ0v) is 11.1. The number of para-hydroxylation sites is 1. The molecule has 0 aliphatic carbocycles. The van der Waals surface area contributed by atoms with Gasteiger partial charge in [0, 0.05) is 13.1 Å². The molecule has 0 spiro atoms. The summed E-state index contributed by atoms with van der Waals surface area (Å²) >= 11 is 0. The highest BCUT2D eigenvalue weighted by Gasteiger charge is 2.21. The van der Waals surface area contributed by atoms with E-state index in [2.05, 4.69) is 21.2 Å². The molecule has 1 aliphatic rings. The highest BCUT2D eigenvalue weighted by atomic mass is 16.5. The van der Waals surface area contributed by atoms with E-state index in [1.165, 1.54) is 0 Å². The molecule has 1 aliphatic heterocycles. The van der Waals surface area contributed by atoms with Crippen LogP contribution in [-0.4, -0.2) is 41.1 Å². The molecule has 6 nitrogen and oxygen atoms in total. The molecule has 1 fully saturated rings. The fourth-order valence-corrected chi connectivity index (χ4v) is 2.30. The lowest BCUT2D eigenvalue weighted by Gasteiger charge is -2.27. The highest BCUT2D eigenvalue weighted by molar-refractivity contribution is 5.44. The van der Waals surface area contributed by atoms with E-state index in [1.807, 2.05) is 34.9 Å². The Morgan fingerprint density at radius 3 is 2.60 bits per heavy atom. The minimum absolute atomic E-state index is 0.242. The number of nitriles is 1. The molecule has 0 bridgehead atoms. The number of benzene rings is 1. The molecule has 3 rings (SSSR count). The molecule has 20 heavy (non-hydrogen) atoms. The molecular weight excluding hydrogens is 254 g/mol. The van der Waals surface area contributed by atoms with Crippen molar-refractivity contribution >= 4 is 5.95 Å². The maximum absolute atomic E-state index is 8.95. The first-order valence-electron chi connectivity index (χ1n) is 6.59. The third kappa shape index (κ3) is 2.36. The van der Waals surface area contributed by atoms with Crippen LogP contribution in [0.15, 0.2) is 30.3 Å². The Labute approximate surface area is 117 Å². The fourth-order valence-electron chi connectivity index (χ4n) is 2.30. The third-order valence-corrected chi connectivity index (χ3v) is 3.26. The molecule has 0 amide bonds. The zero-order valence-electron chi connectivity index (χ0n) is 11.1. The van der Waals surface area contributed by atoms with Crippen molar-refractivity contribution in [3.63, 3.8) is 0 Å². The fraction of sp³-hybridized carbons (Fsp3) is 0.357. The quantitative estimate of drug-likeness (QED) is 0.836. The minimum Gasteiger partial charge on any atom is -0.378 e. The predicted octanol–water partition coefficient (Wildman–Crippen LogP) is 1.17. The van der Waals surface area contributed by atoms with E-state index in [0.29, 0.717) is 19.0 Å². The second-order valence-corrected chi connectivity index (χ2v) is 4.52. The molecule has 102 valence electrons. The van der Waals surface area contributed by atoms with Crippen LogP contribution in [-0.2, 0) is 11.2 Å². The summed E-state index contributed by atoms with van der Waals surface area (Å²) in [6.07, 6.45) is 0.242. The lowest BCUT2D eigenvalue weighted by molar-refractivity contribution is 0.122. The third-order valence-electron chi connectivity index (χ3n) is 3.26. The van der Waals surface area contributed by atoms with E-state index in [1.54, 1.807) is 0 Å². The van der Waals surface area contributed by atoms with E-state index >= 15 is 0 Å². The second kappa shape index (κ2) is 5.72. The molecular formula is C14H15N5O. The summed E-state index contributed by atoms with van der Waals surface area (Å²) in [7, 11) is 0. The summed E-state index contributed by atoms with van der Waals surface area (Å²) in [5, 5.41) is 17.4. The monoisotopic (exact) mass is 269 g/mol. The lowest BCUT2D eigenvalue weighted by Crippen LogP contribution is -2.38. The smallest absolute Gasteiger partial charge is 0.232 e. The summed E-state index contributed by atoms with van der Waals surface area (Å²) in [5.74, 6) is 1.45. The van der Waals surface area contributed by atoms with Crippen LogP contribution >= 0.6 is 0 Å². The van der Waals surface area contributed by atoms with Crippen LogP contribution in [0.25, 0.3) is 5.69 Å². The van der Waals surface area contributed by atoms with Crippen LogP contribution in [0.4, 0.5) is 5.95 Å². The summed E-state index contributed by atoms with van der Waals surface area (Å²) in [6.45, 7) is 2.96. The molecule has 2 aromatic rings. The van der Waals surface area contributed by atoms with Gasteiger partial charge in [-0.3, -0.25) is 4.57 Å². The van der Waals surface area contributed by atoms with Crippen molar-refractivity contribution < 1.29 is 4.74 Å². The van der Waals surface area contributed by atoms with Gasteiger partial charge < -0.3 is 9.64 Å². The zero-order chi connectivity index (χ0) is 13.8. The van der Waals surface area contributed by atoms with Crippen LogP contribution in [0.2, 0.25) is 0 Å². The predicted molar refractivity (Wildman–Crippen MR) is 73.7 cm³/mol. The molecule has 0 N–H and O–H groups in total. The average Bonchev–Trinajstić information content (AvgIpc) is 2.93. The molecule has 6 heteroatoms. The van der Waals surface area contributed by atoms with Gasteiger partial charge in [-0.15, -0.1) is 10.2 Å². The molecule has 0 radical (unpaired) electrons. The molecule has 1 aromatic carbocycles. The maximum Gasteiger partial charge on any atom is 0.232 e. The van der Waals surface area contributed by atoms with E-state index in [-0.39, 0.29) is 6.42 Å². The van der Waals surface area contributed by atoms with Gasteiger partial charge >= 0.3 is 0 Å². The van der Waals surface area contributed by atoms with Gasteiger partial charge in [0.15, 0.2) is 5.82 Å². The van der Waals surface area contributed by atoms with Crippen LogP contribution in [0.5, 0.6) is 0 Å². The number of hydrogen-bond donors (Lipinski definition) is 0. The van der Waals surface area contributed by atoms with Gasteiger partial charge in [-0.25, -0.2) is 0 Å². The maximum atomic E-state index is 8.95. The first-order valence-corrected chi connectivity index (χ1v) is 6.59. The largest absolute Gasteiger partial charge is 0.378 e. The van der Waals surface area contributed by atoms with Crippen LogP contribution in [0, 0.1) is 11.3 Å². The van der Waals surface area contributed by atoms with Gasteiger partial charge in [-0.05, 0) is 12.1 Å². The Balaban J connectivity index is 2.04. The van der Waals surface area contributed by atoms with Crippen molar-refractivity contribution in [2.24, 2.45) is 0 Å². The Hall–Kier alpha value is -2.39. The van der Waals surface area contributed by atoms with Crippen molar-refractivity contribution in [3.05, 3.63) is 36.2 Å². The Morgan fingerprint density at radius 1 is 1.15 bits per heavy atom. The highest BCUT2D eigenvalue weighted by Crippen LogP contribution is 2.21. The number of hydrogen-bond acceptors (Lipinski definition) is 5. The van der Waals surface area contributed by atoms with Crippen LogP contribution < -0.4 is 4.90 Å². The van der Waals surface area contributed by atoms with E-state index in [0.717, 1.165) is 24.7 Å². The SMILES string of the molecule is N#CCc1nnc(N2CCOCC2)n1-c1ccccc1. The molecule has 2 heterocycles. The van der Waals surface area contributed by atoms with Crippen molar-refractivity contribution in [1.82, 2.24) is 14.8 Å². The van der Waals surface area contributed by atoms with Gasteiger partial charge in [-0.1, -0.05) is 18.2 Å². The summed E-state index contributed by atoms with van der Waals surface area (Å²) < 4.78 is 7.32. The molecule has 0 atom stereocenters. The van der Waals surface area contributed by atoms with Gasteiger partial charge in [0.25, 0.3) is 0 Å². The van der Waals surface area contributed by atoms with Crippen LogP contribution in [0.1, 0.15) is 5.82 Å². The van der Waals surface area contributed by atoms with Crippen molar-refractivity contribution in [2.75, 3.05) is 31.2 Å². The molecule has 0 unspecified atom stereocenters. The van der Waals surface area contributed by atoms with Crippen molar-refractivity contribution in [2.45, 2.75) is 6.42 Å². The lowest BCUT2D eigenvalue weighted by atomic mass is 10.3. The van der Waals surface area contributed by atoms with Gasteiger partial charge in [-0.2, -0.15) is 5.26 Å². The normalized spacial score (nSPS) is 15.1. The van der Waals surface area contributed by atoms with Crippen molar-refractivity contribution in [1.29, 1.82) is 5.26 Å². The Kier molecular flexibility index (Phi) is 3.61. The van der Waals surface area contributed by atoms with Gasteiger partial charge in [0.2, 0.25) is 5.95 Å². The van der Waals surface area contributed by atoms with Crippen molar-refractivity contribution in [3.8, 4) is 11.8 Å². The van der Waals surface area contributed by atoms with Gasteiger partial charge in [0.1, 0.15) is 0 Å². The Bertz CT molecular complexity index is 610. The first kappa shape index (κ1) is 12.6. The summed E-state index contributed by atoms with van der Waals surface area (Å²) in [6, 6.07) is 12.0. The van der Waals surface area contributed by atoms with Crippen LogP contribution in [0.3, 0.4) is 0 Å². The average molecular weight is 269 g/mol. The number of anilines is 1. The number of ether oxygens (including phenoxy) is 1. The second-order valence-electron chi connectivity index (χ2n) is 4.52. The number of morpholine rings is 1. The summed E-state index contributed by atoms with van der Waals surface area (Å²) in [4.78, 5) is 2.14. The minimum atomic E-state index is 0.242. The first-order chi connectivity index (χ1) is 9.90. The van der Waals surface area contributed by atoms with E-state index in [4.69, 9.17) is 10.00 Å². The number of aromatic nitrogens is 3.